The number of sulfone groups is 1. The van der Waals surface area contributed by atoms with Gasteiger partial charge < -0.3 is 10.6 Å². The molecule has 1 unspecified atom stereocenters. The standard InChI is InChI=1S/C22H28N2O3S/c1-17(19-13-12-18-8-5-6-9-20(18)16-19)24-22(25)23-14-7-15-28(26,27)21-10-3-2-4-11-21/h2-4,10-13,16-17H,5-9,14-15H2,1H3,(H2,23,24,25). The van der Waals surface area contributed by atoms with E-state index in [1.807, 2.05) is 6.92 Å². The van der Waals surface area contributed by atoms with Crippen LogP contribution >= 0.6 is 0 Å². The molecule has 0 radical (unpaired) electrons. The summed E-state index contributed by atoms with van der Waals surface area (Å²) in [4.78, 5) is 12.5. The zero-order chi connectivity index (χ0) is 20.0. The summed E-state index contributed by atoms with van der Waals surface area (Å²) in [5.74, 6) is 0.0116. The van der Waals surface area contributed by atoms with Crippen LogP contribution in [-0.4, -0.2) is 26.7 Å². The average Bonchev–Trinajstić information content (AvgIpc) is 2.71. The van der Waals surface area contributed by atoms with Crippen LogP contribution in [0.2, 0.25) is 0 Å². The summed E-state index contributed by atoms with van der Waals surface area (Å²) in [6.07, 6.45) is 5.10. The summed E-state index contributed by atoms with van der Waals surface area (Å²) in [5.41, 5.74) is 3.91. The van der Waals surface area contributed by atoms with Gasteiger partial charge in [0.1, 0.15) is 0 Å². The molecular weight excluding hydrogens is 372 g/mol. The molecule has 6 heteroatoms. The second-order valence-electron chi connectivity index (χ2n) is 7.34. The molecule has 2 aromatic carbocycles. The van der Waals surface area contributed by atoms with Gasteiger partial charge in [0.2, 0.25) is 0 Å². The van der Waals surface area contributed by atoms with E-state index < -0.39 is 9.84 Å². The SMILES string of the molecule is CC(NC(=O)NCCCS(=O)(=O)c1ccccc1)c1ccc2c(c1)CCCC2. The summed E-state index contributed by atoms with van der Waals surface area (Å²) in [5, 5.41) is 5.69. The number of hydrogen-bond donors (Lipinski definition) is 2. The third kappa shape index (κ3) is 5.35. The Balaban J connectivity index is 1.44. The largest absolute Gasteiger partial charge is 0.338 e. The van der Waals surface area contributed by atoms with Crippen LogP contribution in [-0.2, 0) is 22.7 Å². The van der Waals surface area contributed by atoms with Gasteiger partial charge in [-0.25, -0.2) is 13.2 Å². The van der Waals surface area contributed by atoms with E-state index in [1.165, 1.54) is 24.0 Å². The third-order valence-corrected chi connectivity index (χ3v) is 7.01. The van der Waals surface area contributed by atoms with Crippen LogP contribution < -0.4 is 10.6 Å². The predicted molar refractivity (Wildman–Crippen MR) is 111 cm³/mol. The van der Waals surface area contributed by atoms with Crippen molar-refractivity contribution >= 4 is 15.9 Å². The van der Waals surface area contributed by atoms with E-state index in [0.29, 0.717) is 17.9 Å². The van der Waals surface area contributed by atoms with Crippen LogP contribution in [0.25, 0.3) is 0 Å². The first-order valence-corrected chi connectivity index (χ1v) is 11.5. The average molecular weight is 401 g/mol. The molecule has 150 valence electrons. The molecule has 2 N–H and O–H groups in total. The molecular formula is C22H28N2O3S. The second kappa shape index (κ2) is 9.24. The Hall–Kier alpha value is -2.34. The molecule has 1 aliphatic rings. The lowest BCUT2D eigenvalue weighted by atomic mass is 9.89. The lowest BCUT2D eigenvalue weighted by Gasteiger charge is -2.20. The topological polar surface area (TPSA) is 75.3 Å². The maximum Gasteiger partial charge on any atom is 0.315 e. The minimum absolute atomic E-state index is 0.0116. The number of hydrogen-bond acceptors (Lipinski definition) is 3. The first kappa shape index (κ1) is 20.4. The fraction of sp³-hybridized carbons (Fsp3) is 0.409. The normalized spacial score (nSPS) is 14.8. The fourth-order valence-electron chi connectivity index (χ4n) is 3.56. The molecule has 0 saturated heterocycles. The molecule has 1 atom stereocenters. The van der Waals surface area contributed by atoms with Crippen LogP contribution in [0.4, 0.5) is 4.79 Å². The highest BCUT2D eigenvalue weighted by Gasteiger charge is 2.15. The van der Waals surface area contributed by atoms with Crippen molar-refractivity contribution in [1.29, 1.82) is 0 Å². The molecule has 0 saturated carbocycles. The number of carbonyl (C=O) groups is 1. The quantitative estimate of drug-likeness (QED) is 0.695. The number of urea groups is 1. The number of rotatable bonds is 7. The van der Waals surface area contributed by atoms with Gasteiger partial charge >= 0.3 is 6.03 Å². The summed E-state index contributed by atoms with van der Waals surface area (Å²) in [6.45, 7) is 2.28. The van der Waals surface area contributed by atoms with Crippen molar-refractivity contribution in [1.82, 2.24) is 10.6 Å². The van der Waals surface area contributed by atoms with E-state index in [2.05, 4.69) is 28.8 Å². The van der Waals surface area contributed by atoms with Gasteiger partial charge in [0.15, 0.2) is 9.84 Å². The predicted octanol–water partition coefficient (Wildman–Crippen LogP) is 3.79. The Morgan fingerprint density at radius 1 is 1.04 bits per heavy atom. The Morgan fingerprint density at radius 3 is 2.50 bits per heavy atom. The molecule has 0 heterocycles. The smallest absolute Gasteiger partial charge is 0.315 e. The maximum absolute atomic E-state index is 12.2. The third-order valence-electron chi connectivity index (χ3n) is 5.20. The summed E-state index contributed by atoms with van der Waals surface area (Å²) < 4.78 is 24.5. The van der Waals surface area contributed by atoms with Gasteiger partial charge in [-0.2, -0.15) is 0 Å². The van der Waals surface area contributed by atoms with Crippen LogP contribution in [0.15, 0.2) is 53.4 Å². The molecule has 0 fully saturated rings. The highest BCUT2D eigenvalue weighted by Crippen LogP contribution is 2.24. The van der Waals surface area contributed by atoms with E-state index in [9.17, 15) is 13.2 Å². The molecule has 5 nitrogen and oxygen atoms in total. The van der Waals surface area contributed by atoms with Crippen molar-refractivity contribution in [3.8, 4) is 0 Å². The zero-order valence-electron chi connectivity index (χ0n) is 16.3. The molecule has 0 aliphatic heterocycles. The number of fused-ring (bicyclic) bond motifs is 1. The van der Waals surface area contributed by atoms with Crippen molar-refractivity contribution in [2.24, 2.45) is 0 Å². The Morgan fingerprint density at radius 2 is 1.75 bits per heavy atom. The van der Waals surface area contributed by atoms with Crippen molar-refractivity contribution < 1.29 is 13.2 Å². The molecule has 2 amide bonds. The van der Waals surface area contributed by atoms with Gasteiger partial charge in [0.05, 0.1) is 16.7 Å². The Labute approximate surface area is 167 Å². The molecule has 1 aliphatic carbocycles. The highest BCUT2D eigenvalue weighted by atomic mass is 32.2. The Bertz CT molecular complexity index is 911. The molecule has 3 rings (SSSR count). The maximum atomic E-state index is 12.2. The zero-order valence-corrected chi connectivity index (χ0v) is 17.1. The monoisotopic (exact) mass is 400 g/mol. The fourth-order valence-corrected chi connectivity index (χ4v) is 4.90. The van der Waals surface area contributed by atoms with Crippen molar-refractivity contribution in [2.45, 2.75) is 50.0 Å². The van der Waals surface area contributed by atoms with E-state index in [0.717, 1.165) is 18.4 Å². The lowest BCUT2D eigenvalue weighted by Crippen LogP contribution is -2.38. The van der Waals surface area contributed by atoms with E-state index >= 15 is 0 Å². The number of amides is 2. The number of aryl methyl sites for hydroxylation is 2. The van der Waals surface area contributed by atoms with Gasteiger partial charge in [-0.1, -0.05) is 36.4 Å². The van der Waals surface area contributed by atoms with Gasteiger partial charge in [-0.15, -0.1) is 0 Å². The Kier molecular flexibility index (Phi) is 6.73. The first-order valence-electron chi connectivity index (χ1n) is 9.89. The van der Waals surface area contributed by atoms with E-state index in [1.54, 1.807) is 30.3 Å². The molecule has 0 spiro atoms. The summed E-state index contributed by atoms with van der Waals surface area (Å²) >= 11 is 0. The van der Waals surface area contributed by atoms with Gasteiger partial charge in [0.25, 0.3) is 0 Å². The van der Waals surface area contributed by atoms with Crippen molar-refractivity contribution in [3.05, 3.63) is 65.2 Å². The number of carbonyl (C=O) groups excluding carboxylic acids is 1. The van der Waals surface area contributed by atoms with Crippen LogP contribution in [0.1, 0.15) is 48.9 Å². The van der Waals surface area contributed by atoms with Gasteiger partial charge in [-0.3, -0.25) is 0 Å². The summed E-state index contributed by atoms with van der Waals surface area (Å²) in [7, 11) is -3.30. The van der Waals surface area contributed by atoms with Gasteiger partial charge in [-0.05, 0) is 67.9 Å². The highest BCUT2D eigenvalue weighted by molar-refractivity contribution is 7.91. The van der Waals surface area contributed by atoms with E-state index in [-0.39, 0.29) is 17.8 Å². The van der Waals surface area contributed by atoms with Crippen molar-refractivity contribution in [3.63, 3.8) is 0 Å². The van der Waals surface area contributed by atoms with Gasteiger partial charge in [0, 0.05) is 6.54 Å². The van der Waals surface area contributed by atoms with Crippen LogP contribution in [0, 0.1) is 0 Å². The first-order chi connectivity index (χ1) is 13.5. The molecule has 28 heavy (non-hydrogen) atoms. The number of nitrogens with one attached hydrogen (secondary N) is 2. The minimum Gasteiger partial charge on any atom is -0.338 e. The second-order valence-corrected chi connectivity index (χ2v) is 9.45. The van der Waals surface area contributed by atoms with Crippen LogP contribution in [0.3, 0.4) is 0 Å². The number of benzene rings is 2. The van der Waals surface area contributed by atoms with E-state index in [4.69, 9.17) is 0 Å². The summed E-state index contributed by atoms with van der Waals surface area (Å²) in [6, 6.07) is 14.5. The lowest BCUT2D eigenvalue weighted by molar-refractivity contribution is 0.238. The molecule has 0 bridgehead atoms. The van der Waals surface area contributed by atoms with Crippen LogP contribution in [0.5, 0.6) is 0 Å². The molecule has 2 aromatic rings. The minimum atomic E-state index is -3.30. The van der Waals surface area contributed by atoms with Crippen molar-refractivity contribution in [2.75, 3.05) is 12.3 Å². The molecule has 0 aromatic heterocycles.